The minimum atomic E-state index is -0.690. The van der Waals surface area contributed by atoms with E-state index in [0.29, 0.717) is 12.0 Å². The molecule has 0 aliphatic carbocycles. The molecular formula is C11H14N2O3. The zero-order valence-corrected chi connectivity index (χ0v) is 8.97. The van der Waals surface area contributed by atoms with Gasteiger partial charge in [-0.2, -0.15) is 0 Å². The number of methoxy groups -OCH3 is 1. The Kier molecular flexibility index (Phi) is 4.02. The van der Waals surface area contributed by atoms with E-state index in [4.69, 9.17) is 11.5 Å². The van der Waals surface area contributed by atoms with Crippen molar-refractivity contribution < 1.29 is 14.3 Å². The summed E-state index contributed by atoms with van der Waals surface area (Å²) in [7, 11) is 1.29. The highest BCUT2D eigenvalue weighted by Crippen LogP contribution is 2.06. The Labute approximate surface area is 93.4 Å². The van der Waals surface area contributed by atoms with Crippen molar-refractivity contribution in [3.8, 4) is 0 Å². The first-order valence-corrected chi connectivity index (χ1v) is 4.76. The standard InChI is InChI=1S/C11H14N2O3/c1-16-11(15)9(12)6-7-2-4-8(5-3-7)10(13)14/h2-5,9H,6,12H2,1H3,(H2,13,14)/t9-/m0/s1. The molecule has 0 bridgehead atoms. The molecule has 0 unspecified atom stereocenters. The molecule has 0 saturated heterocycles. The van der Waals surface area contributed by atoms with Crippen LogP contribution in [0.1, 0.15) is 15.9 Å². The van der Waals surface area contributed by atoms with Crippen molar-refractivity contribution in [3.63, 3.8) is 0 Å². The van der Waals surface area contributed by atoms with Crippen LogP contribution in [0.2, 0.25) is 0 Å². The maximum Gasteiger partial charge on any atom is 0.322 e. The van der Waals surface area contributed by atoms with Crippen molar-refractivity contribution in [2.75, 3.05) is 7.11 Å². The maximum absolute atomic E-state index is 11.1. The summed E-state index contributed by atoms with van der Waals surface area (Å²) in [6.45, 7) is 0. The summed E-state index contributed by atoms with van der Waals surface area (Å²) >= 11 is 0. The predicted molar refractivity (Wildman–Crippen MR) is 58.7 cm³/mol. The van der Waals surface area contributed by atoms with Crippen LogP contribution in [0.25, 0.3) is 0 Å². The fourth-order valence-electron chi connectivity index (χ4n) is 1.29. The fourth-order valence-corrected chi connectivity index (χ4v) is 1.29. The molecular weight excluding hydrogens is 208 g/mol. The average molecular weight is 222 g/mol. The third-order valence-corrected chi connectivity index (χ3v) is 2.20. The van der Waals surface area contributed by atoms with Crippen LogP contribution >= 0.6 is 0 Å². The quantitative estimate of drug-likeness (QED) is 0.691. The van der Waals surface area contributed by atoms with Crippen molar-refractivity contribution in [2.24, 2.45) is 11.5 Å². The van der Waals surface area contributed by atoms with E-state index in [1.54, 1.807) is 24.3 Å². The molecule has 1 amide bonds. The van der Waals surface area contributed by atoms with Crippen LogP contribution in [0.3, 0.4) is 0 Å². The van der Waals surface area contributed by atoms with E-state index < -0.39 is 17.9 Å². The molecule has 86 valence electrons. The number of hydrogen-bond acceptors (Lipinski definition) is 4. The fraction of sp³-hybridized carbons (Fsp3) is 0.273. The molecule has 0 aromatic heterocycles. The topological polar surface area (TPSA) is 95.4 Å². The van der Waals surface area contributed by atoms with Crippen LogP contribution in [-0.4, -0.2) is 25.0 Å². The summed E-state index contributed by atoms with van der Waals surface area (Å²) < 4.78 is 4.51. The molecule has 4 N–H and O–H groups in total. The summed E-state index contributed by atoms with van der Waals surface area (Å²) in [5.74, 6) is -0.942. The number of carbonyl (C=O) groups is 2. The third kappa shape index (κ3) is 3.06. The number of amides is 1. The number of benzene rings is 1. The van der Waals surface area contributed by atoms with E-state index in [-0.39, 0.29) is 0 Å². The Morgan fingerprint density at radius 1 is 1.31 bits per heavy atom. The number of ether oxygens (including phenoxy) is 1. The smallest absolute Gasteiger partial charge is 0.322 e. The molecule has 0 radical (unpaired) electrons. The molecule has 0 aliphatic rings. The second-order valence-electron chi connectivity index (χ2n) is 3.39. The number of primary amides is 1. The van der Waals surface area contributed by atoms with E-state index >= 15 is 0 Å². The van der Waals surface area contributed by atoms with Crippen molar-refractivity contribution in [1.29, 1.82) is 0 Å². The van der Waals surface area contributed by atoms with Gasteiger partial charge in [0.25, 0.3) is 0 Å². The Morgan fingerprint density at radius 3 is 2.31 bits per heavy atom. The number of hydrogen-bond donors (Lipinski definition) is 2. The maximum atomic E-state index is 11.1. The highest BCUT2D eigenvalue weighted by molar-refractivity contribution is 5.92. The van der Waals surface area contributed by atoms with E-state index in [1.807, 2.05) is 0 Å². The van der Waals surface area contributed by atoms with Crippen LogP contribution in [0, 0.1) is 0 Å². The van der Waals surface area contributed by atoms with Gasteiger partial charge in [-0.1, -0.05) is 12.1 Å². The molecule has 1 aromatic carbocycles. The summed E-state index contributed by atoms with van der Waals surface area (Å²) in [6, 6.07) is 5.93. The predicted octanol–water partition coefficient (Wildman–Crippen LogP) is -0.172. The Balaban J connectivity index is 2.68. The second-order valence-corrected chi connectivity index (χ2v) is 3.39. The molecule has 1 atom stereocenters. The van der Waals surface area contributed by atoms with Gasteiger partial charge in [-0.3, -0.25) is 9.59 Å². The Hall–Kier alpha value is -1.88. The van der Waals surface area contributed by atoms with Crippen molar-refractivity contribution in [2.45, 2.75) is 12.5 Å². The van der Waals surface area contributed by atoms with Crippen molar-refractivity contribution in [3.05, 3.63) is 35.4 Å². The van der Waals surface area contributed by atoms with E-state index in [9.17, 15) is 9.59 Å². The highest BCUT2D eigenvalue weighted by atomic mass is 16.5. The molecule has 0 spiro atoms. The largest absolute Gasteiger partial charge is 0.468 e. The lowest BCUT2D eigenvalue weighted by molar-refractivity contribution is -0.142. The third-order valence-electron chi connectivity index (χ3n) is 2.20. The van der Waals surface area contributed by atoms with Gasteiger partial charge in [0.2, 0.25) is 5.91 Å². The minimum Gasteiger partial charge on any atom is -0.468 e. The molecule has 0 fully saturated rings. The number of nitrogens with two attached hydrogens (primary N) is 2. The SMILES string of the molecule is COC(=O)[C@@H](N)Cc1ccc(C(N)=O)cc1. The minimum absolute atomic E-state index is 0.367. The van der Waals surface area contributed by atoms with Crippen LogP contribution in [0.15, 0.2) is 24.3 Å². The lowest BCUT2D eigenvalue weighted by Crippen LogP contribution is -2.33. The van der Waals surface area contributed by atoms with E-state index in [1.165, 1.54) is 7.11 Å². The molecule has 0 heterocycles. The van der Waals surface area contributed by atoms with Gasteiger partial charge in [-0.05, 0) is 24.1 Å². The molecule has 0 aliphatic heterocycles. The molecule has 5 nitrogen and oxygen atoms in total. The van der Waals surface area contributed by atoms with E-state index in [2.05, 4.69) is 4.74 Å². The molecule has 5 heteroatoms. The summed E-state index contributed by atoms with van der Waals surface area (Å²) in [4.78, 5) is 21.9. The Bertz CT molecular complexity index is 387. The van der Waals surface area contributed by atoms with Gasteiger partial charge in [-0.15, -0.1) is 0 Å². The summed E-state index contributed by atoms with van der Waals surface area (Å²) in [5, 5.41) is 0. The first-order chi connectivity index (χ1) is 7.54. The van der Waals surface area contributed by atoms with Gasteiger partial charge in [0.05, 0.1) is 7.11 Å². The first kappa shape index (κ1) is 12.2. The van der Waals surface area contributed by atoms with Gasteiger partial charge in [0, 0.05) is 5.56 Å². The van der Waals surface area contributed by atoms with Crippen LogP contribution in [-0.2, 0) is 16.0 Å². The zero-order valence-electron chi connectivity index (χ0n) is 8.97. The lowest BCUT2D eigenvalue weighted by atomic mass is 10.0. The highest BCUT2D eigenvalue weighted by Gasteiger charge is 2.14. The molecule has 16 heavy (non-hydrogen) atoms. The normalized spacial score (nSPS) is 11.9. The second kappa shape index (κ2) is 5.27. The van der Waals surface area contributed by atoms with Gasteiger partial charge in [0.1, 0.15) is 6.04 Å². The average Bonchev–Trinajstić information content (AvgIpc) is 2.28. The first-order valence-electron chi connectivity index (χ1n) is 4.76. The van der Waals surface area contributed by atoms with Crippen molar-refractivity contribution >= 4 is 11.9 Å². The lowest BCUT2D eigenvalue weighted by Gasteiger charge is -2.09. The number of rotatable bonds is 4. The monoisotopic (exact) mass is 222 g/mol. The van der Waals surface area contributed by atoms with Gasteiger partial charge >= 0.3 is 5.97 Å². The van der Waals surface area contributed by atoms with Gasteiger partial charge < -0.3 is 16.2 Å². The zero-order chi connectivity index (χ0) is 12.1. The van der Waals surface area contributed by atoms with Crippen LogP contribution < -0.4 is 11.5 Å². The van der Waals surface area contributed by atoms with Crippen LogP contribution in [0.5, 0.6) is 0 Å². The van der Waals surface area contributed by atoms with Crippen LogP contribution in [0.4, 0.5) is 0 Å². The number of carbonyl (C=O) groups excluding carboxylic acids is 2. The van der Waals surface area contributed by atoms with Gasteiger partial charge in [0.15, 0.2) is 0 Å². The summed E-state index contributed by atoms with van der Waals surface area (Å²) in [5.41, 5.74) is 12.0. The summed E-state index contributed by atoms with van der Waals surface area (Å²) in [6.07, 6.45) is 0.367. The number of esters is 1. The van der Waals surface area contributed by atoms with Crippen molar-refractivity contribution in [1.82, 2.24) is 0 Å². The van der Waals surface area contributed by atoms with Gasteiger partial charge in [-0.25, -0.2) is 0 Å². The molecule has 1 rings (SSSR count). The Morgan fingerprint density at radius 2 is 1.88 bits per heavy atom. The molecule has 0 saturated carbocycles. The molecule has 1 aromatic rings. The van der Waals surface area contributed by atoms with E-state index in [0.717, 1.165) is 5.56 Å².